The Hall–Kier alpha value is -1.67. The van der Waals surface area contributed by atoms with Crippen molar-refractivity contribution in [2.75, 3.05) is 0 Å². The van der Waals surface area contributed by atoms with Crippen molar-refractivity contribution in [3.63, 3.8) is 0 Å². The van der Waals surface area contributed by atoms with Gasteiger partial charge in [-0.1, -0.05) is 18.7 Å². The summed E-state index contributed by atoms with van der Waals surface area (Å²) in [5, 5.41) is 11.2. The molecule has 0 aliphatic heterocycles. The first-order chi connectivity index (χ1) is 10.6. The fraction of sp³-hybridized carbons (Fsp3) is 0.429. The summed E-state index contributed by atoms with van der Waals surface area (Å²) in [7, 11) is 0. The van der Waals surface area contributed by atoms with Crippen LogP contribution in [0.25, 0.3) is 4.96 Å². The highest BCUT2D eigenvalue weighted by Crippen LogP contribution is 2.24. The highest BCUT2D eigenvalue weighted by Gasteiger charge is 2.14. The zero-order chi connectivity index (χ0) is 15.7. The van der Waals surface area contributed by atoms with Gasteiger partial charge in [-0.15, -0.1) is 21.5 Å². The second-order valence-corrected chi connectivity index (χ2v) is 6.96. The lowest BCUT2D eigenvalue weighted by Gasteiger charge is -2.12. The quantitative estimate of drug-likeness (QED) is 0.671. The van der Waals surface area contributed by atoms with E-state index in [1.807, 2.05) is 5.38 Å². The monoisotopic (exact) mass is 335 g/mol. The van der Waals surface area contributed by atoms with E-state index in [4.69, 9.17) is 0 Å². The van der Waals surface area contributed by atoms with E-state index >= 15 is 0 Å². The first-order valence-corrected chi connectivity index (χ1v) is 8.99. The molecule has 0 unspecified atom stereocenters. The smallest absolute Gasteiger partial charge is 0.258 e. The maximum atomic E-state index is 12.0. The van der Waals surface area contributed by atoms with Crippen LogP contribution >= 0.6 is 23.1 Å². The molecule has 3 aromatic heterocycles. The van der Waals surface area contributed by atoms with Crippen LogP contribution in [0, 0.1) is 0 Å². The maximum Gasteiger partial charge on any atom is 0.258 e. The molecule has 0 radical (unpaired) electrons. The first kappa shape index (κ1) is 15.2. The summed E-state index contributed by atoms with van der Waals surface area (Å²) in [6.07, 6.45) is 2.60. The van der Waals surface area contributed by atoms with E-state index in [-0.39, 0.29) is 5.56 Å². The highest BCUT2D eigenvalue weighted by molar-refractivity contribution is 7.98. The average Bonchev–Trinajstić information content (AvgIpc) is 3.11. The summed E-state index contributed by atoms with van der Waals surface area (Å²) in [4.78, 5) is 17.2. The third kappa shape index (κ3) is 2.80. The Bertz CT molecular complexity index is 848. The Balaban J connectivity index is 1.85. The topological polar surface area (TPSA) is 65.1 Å². The van der Waals surface area contributed by atoms with E-state index in [0.717, 1.165) is 28.1 Å². The molecule has 0 saturated heterocycles. The fourth-order valence-electron chi connectivity index (χ4n) is 2.27. The number of rotatable bonds is 5. The molecule has 0 aromatic carbocycles. The van der Waals surface area contributed by atoms with Gasteiger partial charge in [0.1, 0.15) is 5.82 Å². The molecule has 116 valence electrons. The molecule has 0 aliphatic carbocycles. The van der Waals surface area contributed by atoms with Crippen LogP contribution in [0.3, 0.4) is 0 Å². The van der Waals surface area contributed by atoms with Gasteiger partial charge in [0.25, 0.3) is 5.56 Å². The second kappa shape index (κ2) is 6.21. The number of fused-ring (bicyclic) bond motifs is 1. The van der Waals surface area contributed by atoms with Gasteiger partial charge in [0.05, 0.1) is 5.69 Å². The van der Waals surface area contributed by atoms with Crippen LogP contribution in [0.2, 0.25) is 0 Å². The van der Waals surface area contributed by atoms with Gasteiger partial charge in [-0.3, -0.25) is 9.20 Å². The van der Waals surface area contributed by atoms with Crippen molar-refractivity contribution in [2.45, 2.75) is 44.1 Å². The minimum absolute atomic E-state index is 0.0403. The van der Waals surface area contributed by atoms with Crippen molar-refractivity contribution in [3.05, 3.63) is 39.5 Å². The van der Waals surface area contributed by atoms with Crippen LogP contribution in [-0.2, 0) is 12.2 Å². The zero-order valence-corrected chi connectivity index (χ0v) is 14.3. The molecule has 0 bridgehead atoms. The molecule has 3 heterocycles. The lowest BCUT2D eigenvalue weighted by atomic mass is 10.3. The van der Waals surface area contributed by atoms with Gasteiger partial charge in [-0.2, -0.15) is 0 Å². The van der Waals surface area contributed by atoms with Crippen molar-refractivity contribution in [1.29, 1.82) is 0 Å². The van der Waals surface area contributed by atoms with Crippen molar-refractivity contribution < 1.29 is 0 Å². The average molecular weight is 335 g/mol. The van der Waals surface area contributed by atoms with Crippen LogP contribution in [0.5, 0.6) is 0 Å². The Morgan fingerprint density at radius 2 is 2.18 bits per heavy atom. The van der Waals surface area contributed by atoms with Crippen molar-refractivity contribution in [2.24, 2.45) is 0 Å². The maximum absolute atomic E-state index is 12.0. The molecule has 0 amide bonds. The van der Waals surface area contributed by atoms with Crippen molar-refractivity contribution in [3.8, 4) is 0 Å². The highest BCUT2D eigenvalue weighted by atomic mass is 32.2. The molecule has 6 nitrogen and oxygen atoms in total. The number of thioether (sulfide) groups is 1. The second-order valence-electron chi connectivity index (χ2n) is 5.15. The molecule has 0 fully saturated rings. The van der Waals surface area contributed by atoms with Crippen LogP contribution in [0.1, 0.15) is 38.3 Å². The van der Waals surface area contributed by atoms with Gasteiger partial charge < -0.3 is 4.57 Å². The van der Waals surface area contributed by atoms with E-state index in [1.165, 1.54) is 11.3 Å². The van der Waals surface area contributed by atoms with Gasteiger partial charge >= 0.3 is 0 Å². The summed E-state index contributed by atoms with van der Waals surface area (Å²) < 4.78 is 3.70. The minimum atomic E-state index is -0.0403. The van der Waals surface area contributed by atoms with Gasteiger partial charge in [0, 0.05) is 35.9 Å². The number of hydrogen-bond acceptors (Lipinski definition) is 6. The van der Waals surface area contributed by atoms with Crippen LogP contribution < -0.4 is 5.56 Å². The van der Waals surface area contributed by atoms with Crippen molar-refractivity contribution in [1.82, 2.24) is 24.1 Å². The molecule has 8 heteroatoms. The SMILES string of the molecule is CCc1nnc(SCc2cc(=O)n3ccsc3n2)n1C(C)C. The lowest BCUT2D eigenvalue weighted by molar-refractivity contribution is 0.528. The predicted octanol–water partition coefficient (Wildman–Crippen LogP) is 2.78. The third-order valence-electron chi connectivity index (χ3n) is 3.27. The summed E-state index contributed by atoms with van der Waals surface area (Å²) in [5.41, 5.74) is 0.732. The summed E-state index contributed by atoms with van der Waals surface area (Å²) >= 11 is 3.03. The summed E-state index contributed by atoms with van der Waals surface area (Å²) in [5.74, 6) is 1.59. The van der Waals surface area contributed by atoms with E-state index in [2.05, 4.69) is 40.5 Å². The predicted molar refractivity (Wildman–Crippen MR) is 88.7 cm³/mol. The Morgan fingerprint density at radius 1 is 1.36 bits per heavy atom. The molecule has 0 N–H and O–H groups in total. The molecule has 22 heavy (non-hydrogen) atoms. The molecule has 3 aromatic rings. The lowest BCUT2D eigenvalue weighted by Crippen LogP contribution is -2.12. The van der Waals surface area contributed by atoms with Gasteiger partial charge in [-0.25, -0.2) is 4.98 Å². The largest absolute Gasteiger partial charge is 0.303 e. The summed E-state index contributed by atoms with van der Waals surface area (Å²) in [6, 6.07) is 1.90. The van der Waals surface area contributed by atoms with Crippen LogP contribution in [0.15, 0.2) is 27.6 Å². The Morgan fingerprint density at radius 3 is 2.91 bits per heavy atom. The number of aryl methyl sites for hydroxylation is 1. The number of nitrogens with zero attached hydrogens (tertiary/aromatic N) is 5. The van der Waals surface area contributed by atoms with Crippen molar-refractivity contribution >= 4 is 28.1 Å². The van der Waals surface area contributed by atoms with Crippen LogP contribution in [-0.4, -0.2) is 24.1 Å². The van der Waals surface area contributed by atoms with Gasteiger partial charge in [0.15, 0.2) is 10.1 Å². The van der Waals surface area contributed by atoms with E-state index in [1.54, 1.807) is 28.4 Å². The molecule has 0 spiro atoms. The summed E-state index contributed by atoms with van der Waals surface area (Å²) in [6.45, 7) is 6.31. The first-order valence-electron chi connectivity index (χ1n) is 7.12. The number of hydrogen-bond donors (Lipinski definition) is 0. The van der Waals surface area contributed by atoms with E-state index < -0.39 is 0 Å². The minimum Gasteiger partial charge on any atom is -0.303 e. The molecular formula is C14H17N5OS2. The van der Waals surface area contributed by atoms with Gasteiger partial charge in [0.2, 0.25) is 0 Å². The third-order valence-corrected chi connectivity index (χ3v) is 5.01. The number of aromatic nitrogens is 5. The van der Waals surface area contributed by atoms with E-state index in [0.29, 0.717) is 11.8 Å². The van der Waals surface area contributed by atoms with Gasteiger partial charge in [-0.05, 0) is 13.8 Å². The van der Waals surface area contributed by atoms with E-state index in [9.17, 15) is 4.79 Å². The molecule has 0 atom stereocenters. The molecular weight excluding hydrogens is 318 g/mol. The Labute approximate surface area is 136 Å². The standard InChI is InChI=1S/C14H17N5OS2/c1-4-11-16-17-14(19(11)9(2)3)22-8-10-7-12(20)18-5-6-21-13(18)15-10/h5-7,9H,4,8H2,1-3H3. The fourth-order valence-corrected chi connectivity index (χ4v) is 3.98. The Kier molecular flexibility index (Phi) is 4.30. The molecule has 0 saturated carbocycles. The normalized spacial score (nSPS) is 11.6. The zero-order valence-electron chi connectivity index (χ0n) is 12.7. The molecule has 0 aliphatic rings. The number of thiazole rings is 1. The molecule has 3 rings (SSSR count). The van der Waals surface area contributed by atoms with Crippen LogP contribution in [0.4, 0.5) is 0 Å².